The fourth-order valence-electron chi connectivity index (χ4n) is 1.25. The first-order valence-electron chi connectivity index (χ1n) is 4.45. The lowest BCUT2D eigenvalue weighted by molar-refractivity contribution is 0.518. The Kier molecular flexibility index (Phi) is 3.74. The van der Waals surface area contributed by atoms with Crippen LogP contribution in [0, 0.1) is 5.92 Å². The molecular weight excluding hydrogens is 148 g/mol. The van der Waals surface area contributed by atoms with E-state index in [0.717, 1.165) is 19.4 Å². The second kappa shape index (κ2) is 4.88. The minimum Gasteiger partial charge on any atom is -0.330 e. The lowest BCUT2D eigenvalue weighted by Gasteiger charge is -2.10. The van der Waals surface area contributed by atoms with Crippen LogP contribution in [0.5, 0.6) is 0 Å². The van der Waals surface area contributed by atoms with Gasteiger partial charge in [0.1, 0.15) is 0 Å². The molecule has 0 bridgehead atoms. The van der Waals surface area contributed by atoms with Crippen molar-refractivity contribution in [2.24, 2.45) is 11.7 Å². The van der Waals surface area contributed by atoms with Gasteiger partial charge in [0, 0.05) is 12.4 Å². The van der Waals surface area contributed by atoms with E-state index in [4.69, 9.17) is 5.73 Å². The minimum absolute atomic E-state index is 0.618. The normalized spacial score (nSPS) is 12.8. The summed E-state index contributed by atoms with van der Waals surface area (Å²) in [6.45, 7) is 2.96. The van der Waals surface area contributed by atoms with Crippen LogP contribution >= 0.6 is 0 Å². The first kappa shape index (κ1) is 9.20. The van der Waals surface area contributed by atoms with Crippen molar-refractivity contribution < 1.29 is 0 Å². The second-order valence-electron chi connectivity index (χ2n) is 3.07. The highest BCUT2D eigenvalue weighted by Crippen LogP contribution is 2.09. The zero-order valence-corrected chi connectivity index (χ0v) is 7.53. The largest absolute Gasteiger partial charge is 0.330 e. The monoisotopic (exact) mass is 164 g/mol. The van der Waals surface area contributed by atoms with E-state index >= 15 is 0 Å². The van der Waals surface area contributed by atoms with Gasteiger partial charge in [0.25, 0.3) is 0 Å². The van der Waals surface area contributed by atoms with Crippen molar-refractivity contribution in [1.82, 2.24) is 4.98 Å². The fourth-order valence-corrected chi connectivity index (χ4v) is 1.25. The van der Waals surface area contributed by atoms with Crippen LogP contribution in [0.15, 0.2) is 24.5 Å². The van der Waals surface area contributed by atoms with Crippen LogP contribution < -0.4 is 5.73 Å². The molecule has 0 aromatic carbocycles. The van der Waals surface area contributed by atoms with Gasteiger partial charge in [-0.25, -0.2) is 0 Å². The van der Waals surface area contributed by atoms with Gasteiger partial charge in [-0.05, 0) is 36.6 Å². The average molecular weight is 164 g/mol. The Morgan fingerprint density at radius 3 is 2.58 bits per heavy atom. The number of hydrogen-bond donors (Lipinski definition) is 1. The molecule has 1 aromatic rings. The molecular formula is C10H16N2. The standard InChI is InChI=1S/C10H16N2/c1-2-9(8-11)7-10-3-5-12-6-4-10/h3-6,9H,2,7-8,11H2,1H3. The fraction of sp³-hybridized carbons (Fsp3) is 0.500. The van der Waals surface area contributed by atoms with Crippen molar-refractivity contribution in [2.75, 3.05) is 6.54 Å². The van der Waals surface area contributed by atoms with E-state index < -0.39 is 0 Å². The Labute approximate surface area is 73.8 Å². The number of hydrogen-bond acceptors (Lipinski definition) is 2. The van der Waals surface area contributed by atoms with Gasteiger partial charge < -0.3 is 5.73 Å². The number of aromatic nitrogens is 1. The first-order chi connectivity index (χ1) is 5.86. The van der Waals surface area contributed by atoms with E-state index in [-0.39, 0.29) is 0 Å². The number of nitrogens with zero attached hydrogens (tertiary/aromatic N) is 1. The molecule has 2 N–H and O–H groups in total. The molecule has 2 nitrogen and oxygen atoms in total. The Hall–Kier alpha value is -0.890. The van der Waals surface area contributed by atoms with Gasteiger partial charge in [0.05, 0.1) is 0 Å². The van der Waals surface area contributed by atoms with Gasteiger partial charge in [0.2, 0.25) is 0 Å². The number of pyridine rings is 1. The zero-order chi connectivity index (χ0) is 8.81. The molecule has 0 amide bonds. The van der Waals surface area contributed by atoms with Crippen molar-refractivity contribution in [3.63, 3.8) is 0 Å². The van der Waals surface area contributed by atoms with Crippen LogP contribution in [0.1, 0.15) is 18.9 Å². The van der Waals surface area contributed by atoms with Crippen LogP contribution in [0.25, 0.3) is 0 Å². The molecule has 66 valence electrons. The first-order valence-corrected chi connectivity index (χ1v) is 4.45. The van der Waals surface area contributed by atoms with Crippen LogP contribution in [0.3, 0.4) is 0 Å². The Morgan fingerprint density at radius 1 is 1.42 bits per heavy atom. The minimum atomic E-state index is 0.618. The highest BCUT2D eigenvalue weighted by Gasteiger charge is 2.03. The molecule has 0 aliphatic rings. The van der Waals surface area contributed by atoms with Gasteiger partial charge in [-0.2, -0.15) is 0 Å². The summed E-state index contributed by atoms with van der Waals surface area (Å²) < 4.78 is 0. The van der Waals surface area contributed by atoms with E-state index in [1.807, 2.05) is 12.4 Å². The summed E-state index contributed by atoms with van der Waals surface area (Å²) in [4.78, 5) is 3.97. The maximum Gasteiger partial charge on any atom is 0.0270 e. The third-order valence-electron chi connectivity index (χ3n) is 2.18. The van der Waals surface area contributed by atoms with Crippen molar-refractivity contribution >= 4 is 0 Å². The molecule has 12 heavy (non-hydrogen) atoms. The quantitative estimate of drug-likeness (QED) is 0.734. The van der Waals surface area contributed by atoms with Crippen molar-refractivity contribution in [3.05, 3.63) is 30.1 Å². The highest BCUT2D eigenvalue weighted by molar-refractivity contribution is 5.10. The molecule has 0 saturated carbocycles. The smallest absolute Gasteiger partial charge is 0.0270 e. The summed E-state index contributed by atoms with van der Waals surface area (Å²) in [5.41, 5.74) is 6.95. The van der Waals surface area contributed by atoms with E-state index in [1.54, 1.807) is 0 Å². The van der Waals surface area contributed by atoms with Gasteiger partial charge in [-0.3, -0.25) is 4.98 Å². The summed E-state index contributed by atoms with van der Waals surface area (Å²) in [6.07, 6.45) is 5.89. The van der Waals surface area contributed by atoms with E-state index in [9.17, 15) is 0 Å². The van der Waals surface area contributed by atoms with E-state index in [0.29, 0.717) is 5.92 Å². The zero-order valence-electron chi connectivity index (χ0n) is 7.53. The summed E-state index contributed by atoms with van der Waals surface area (Å²) >= 11 is 0. The molecule has 0 fully saturated rings. The summed E-state index contributed by atoms with van der Waals surface area (Å²) in [5.74, 6) is 0.618. The maximum absolute atomic E-state index is 5.62. The number of rotatable bonds is 4. The average Bonchev–Trinajstić information content (AvgIpc) is 2.16. The summed E-state index contributed by atoms with van der Waals surface area (Å²) in [6, 6.07) is 4.11. The topological polar surface area (TPSA) is 38.9 Å². The van der Waals surface area contributed by atoms with Crippen molar-refractivity contribution in [3.8, 4) is 0 Å². The SMILES string of the molecule is CCC(CN)Cc1ccncc1. The van der Waals surface area contributed by atoms with Crippen LogP contribution in [-0.4, -0.2) is 11.5 Å². The van der Waals surface area contributed by atoms with Crippen molar-refractivity contribution in [1.29, 1.82) is 0 Å². The van der Waals surface area contributed by atoms with Gasteiger partial charge in [-0.1, -0.05) is 13.3 Å². The van der Waals surface area contributed by atoms with Crippen LogP contribution in [0.2, 0.25) is 0 Å². The third-order valence-corrected chi connectivity index (χ3v) is 2.18. The van der Waals surface area contributed by atoms with Gasteiger partial charge in [0.15, 0.2) is 0 Å². The Balaban J connectivity index is 2.51. The predicted octanol–water partition coefficient (Wildman–Crippen LogP) is 1.61. The molecule has 0 spiro atoms. The van der Waals surface area contributed by atoms with E-state index in [1.165, 1.54) is 5.56 Å². The molecule has 1 heterocycles. The summed E-state index contributed by atoms with van der Waals surface area (Å²) in [5, 5.41) is 0. The molecule has 0 radical (unpaired) electrons. The second-order valence-corrected chi connectivity index (χ2v) is 3.07. The van der Waals surface area contributed by atoms with Crippen LogP contribution in [-0.2, 0) is 6.42 Å². The Morgan fingerprint density at radius 2 is 2.08 bits per heavy atom. The molecule has 1 aromatic heterocycles. The summed E-state index contributed by atoms with van der Waals surface area (Å²) in [7, 11) is 0. The number of nitrogens with two attached hydrogens (primary N) is 1. The lowest BCUT2D eigenvalue weighted by Crippen LogP contribution is -2.15. The van der Waals surface area contributed by atoms with Crippen molar-refractivity contribution in [2.45, 2.75) is 19.8 Å². The van der Waals surface area contributed by atoms with Crippen LogP contribution in [0.4, 0.5) is 0 Å². The highest BCUT2D eigenvalue weighted by atomic mass is 14.6. The molecule has 2 heteroatoms. The molecule has 1 atom stereocenters. The lowest BCUT2D eigenvalue weighted by atomic mass is 9.98. The van der Waals surface area contributed by atoms with E-state index in [2.05, 4.69) is 24.0 Å². The molecule has 0 saturated heterocycles. The molecule has 0 aliphatic heterocycles. The molecule has 0 aliphatic carbocycles. The van der Waals surface area contributed by atoms with Gasteiger partial charge in [-0.15, -0.1) is 0 Å². The Bertz CT molecular complexity index is 204. The third kappa shape index (κ3) is 2.62. The molecule has 1 rings (SSSR count). The van der Waals surface area contributed by atoms with Gasteiger partial charge >= 0.3 is 0 Å². The predicted molar refractivity (Wildman–Crippen MR) is 50.8 cm³/mol. The maximum atomic E-state index is 5.62. The molecule has 1 unspecified atom stereocenters.